The third kappa shape index (κ3) is 8.60. The molecule has 0 radical (unpaired) electrons. The van der Waals surface area contributed by atoms with Gasteiger partial charge < -0.3 is 10.2 Å². The third-order valence-corrected chi connectivity index (χ3v) is 7.13. The fourth-order valence-electron chi connectivity index (χ4n) is 3.45. The van der Waals surface area contributed by atoms with E-state index in [1.807, 2.05) is 31.2 Å². The number of nitrogens with one attached hydrogen (secondary N) is 1. The van der Waals surface area contributed by atoms with Gasteiger partial charge in [-0.2, -0.15) is 0 Å². The Balaban J connectivity index is 2.15. The molecular weight excluding hydrogens is 542 g/mol. The Morgan fingerprint density at radius 3 is 2.47 bits per heavy atom. The van der Waals surface area contributed by atoms with Gasteiger partial charge in [0.15, 0.2) is 0 Å². The first-order chi connectivity index (χ1) is 16.0. The Bertz CT molecular complexity index is 1100. The van der Waals surface area contributed by atoms with Crippen LogP contribution < -0.4 is 9.62 Å². The lowest BCUT2D eigenvalue weighted by Crippen LogP contribution is -2.47. The molecule has 0 bridgehead atoms. The van der Waals surface area contributed by atoms with Crippen LogP contribution in [-0.4, -0.2) is 50.5 Å². The molecule has 1 atom stereocenters. The quantitative estimate of drug-likeness (QED) is 0.403. The van der Waals surface area contributed by atoms with E-state index >= 15 is 0 Å². The van der Waals surface area contributed by atoms with Crippen molar-refractivity contribution in [1.29, 1.82) is 0 Å². The van der Waals surface area contributed by atoms with Crippen LogP contribution in [0.15, 0.2) is 53.0 Å². The molecule has 0 spiro atoms. The zero-order chi connectivity index (χ0) is 25.3. The molecule has 0 aromatic heterocycles. The molecule has 0 aliphatic carbocycles. The van der Waals surface area contributed by atoms with E-state index in [4.69, 9.17) is 11.6 Å². The minimum atomic E-state index is -3.57. The van der Waals surface area contributed by atoms with E-state index in [-0.39, 0.29) is 37.7 Å². The predicted molar refractivity (Wildman–Crippen MR) is 140 cm³/mol. The normalized spacial score (nSPS) is 12.1. The standard InChI is InChI=1S/C24H31BrClN3O4S/c1-4-13-27-24(31)18(2)28(17-19-8-5-9-20(25)15-19)23(30)12-7-14-29(34(3,32)33)22-11-6-10-21(26)16-22/h5-6,8-11,15-16,18H,4,7,12-14,17H2,1-3H3,(H,27,31). The molecule has 186 valence electrons. The van der Waals surface area contributed by atoms with E-state index in [1.54, 1.807) is 31.2 Å². The van der Waals surface area contributed by atoms with E-state index in [0.717, 1.165) is 22.7 Å². The average Bonchev–Trinajstić information content (AvgIpc) is 2.77. The number of nitrogens with zero attached hydrogens (tertiary/aromatic N) is 2. The van der Waals surface area contributed by atoms with Gasteiger partial charge in [-0.3, -0.25) is 13.9 Å². The maximum absolute atomic E-state index is 13.2. The number of sulfonamides is 1. The largest absolute Gasteiger partial charge is 0.354 e. The van der Waals surface area contributed by atoms with Crippen molar-refractivity contribution < 1.29 is 18.0 Å². The van der Waals surface area contributed by atoms with Crippen LogP contribution in [0.25, 0.3) is 0 Å². The number of amides is 2. The number of carbonyl (C=O) groups is 2. The Morgan fingerprint density at radius 1 is 1.15 bits per heavy atom. The molecule has 2 aromatic carbocycles. The third-order valence-electron chi connectivity index (χ3n) is 5.21. The summed E-state index contributed by atoms with van der Waals surface area (Å²) < 4.78 is 26.8. The van der Waals surface area contributed by atoms with Crippen LogP contribution in [0.1, 0.15) is 38.7 Å². The number of hydrogen-bond donors (Lipinski definition) is 1. The molecule has 34 heavy (non-hydrogen) atoms. The zero-order valence-corrected chi connectivity index (χ0v) is 22.8. The summed E-state index contributed by atoms with van der Waals surface area (Å²) in [7, 11) is -3.57. The fraction of sp³-hybridized carbons (Fsp3) is 0.417. The maximum atomic E-state index is 13.2. The van der Waals surface area contributed by atoms with Gasteiger partial charge in [-0.05, 0) is 55.7 Å². The van der Waals surface area contributed by atoms with Gasteiger partial charge in [0.2, 0.25) is 21.8 Å². The highest BCUT2D eigenvalue weighted by Gasteiger charge is 2.26. The highest BCUT2D eigenvalue weighted by molar-refractivity contribution is 9.10. The van der Waals surface area contributed by atoms with Gasteiger partial charge in [-0.25, -0.2) is 8.42 Å². The van der Waals surface area contributed by atoms with Gasteiger partial charge in [-0.1, -0.05) is 52.7 Å². The monoisotopic (exact) mass is 571 g/mol. The van der Waals surface area contributed by atoms with Gasteiger partial charge in [-0.15, -0.1) is 0 Å². The molecule has 0 aliphatic heterocycles. The smallest absolute Gasteiger partial charge is 0.242 e. The summed E-state index contributed by atoms with van der Waals surface area (Å²) in [6.45, 7) is 4.58. The number of rotatable bonds is 12. The van der Waals surface area contributed by atoms with Crippen LogP contribution in [0.5, 0.6) is 0 Å². The molecule has 2 aromatic rings. The lowest BCUT2D eigenvalue weighted by Gasteiger charge is -2.29. The number of carbonyl (C=O) groups excluding carboxylic acids is 2. The molecular formula is C24H31BrClN3O4S. The first-order valence-corrected chi connectivity index (χ1v) is 14.1. The van der Waals surface area contributed by atoms with Crippen LogP contribution >= 0.6 is 27.5 Å². The summed E-state index contributed by atoms with van der Waals surface area (Å²) in [6, 6.07) is 13.5. The summed E-state index contributed by atoms with van der Waals surface area (Å²) in [5.41, 5.74) is 1.33. The highest BCUT2D eigenvalue weighted by Crippen LogP contribution is 2.23. The molecule has 10 heteroatoms. The molecule has 0 aliphatic rings. The number of anilines is 1. The molecule has 1 unspecified atom stereocenters. The first kappa shape index (κ1) is 28.1. The summed E-state index contributed by atoms with van der Waals surface area (Å²) in [5, 5.41) is 3.27. The number of hydrogen-bond acceptors (Lipinski definition) is 4. The van der Waals surface area contributed by atoms with Crippen LogP contribution in [-0.2, 0) is 26.2 Å². The second-order valence-electron chi connectivity index (χ2n) is 8.04. The molecule has 7 nitrogen and oxygen atoms in total. The minimum Gasteiger partial charge on any atom is -0.354 e. The second-order valence-corrected chi connectivity index (χ2v) is 11.3. The summed E-state index contributed by atoms with van der Waals surface area (Å²) in [4.78, 5) is 27.4. The predicted octanol–water partition coefficient (Wildman–Crippen LogP) is 4.59. The Hall–Kier alpha value is -2.10. The highest BCUT2D eigenvalue weighted by atomic mass is 79.9. The molecule has 0 saturated heterocycles. The topological polar surface area (TPSA) is 86.8 Å². The van der Waals surface area contributed by atoms with E-state index in [1.165, 1.54) is 9.21 Å². The van der Waals surface area contributed by atoms with Gasteiger partial charge in [0.1, 0.15) is 6.04 Å². The lowest BCUT2D eigenvalue weighted by atomic mass is 10.1. The van der Waals surface area contributed by atoms with Crippen molar-refractivity contribution >= 4 is 55.1 Å². The van der Waals surface area contributed by atoms with Crippen molar-refractivity contribution in [2.24, 2.45) is 0 Å². The van der Waals surface area contributed by atoms with E-state index < -0.39 is 16.1 Å². The van der Waals surface area contributed by atoms with Crippen molar-refractivity contribution in [2.45, 2.75) is 45.7 Å². The summed E-state index contributed by atoms with van der Waals surface area (Å²) >= 11 is 9.47. The van der Waals surface area contributed by atoms with Gasteiger partial charge in [0.05, 0.1) is 11.9 Å². The van der Waals surface area contributed by atoms with Crippen molar-refractivity contribution in [3.8, 4) is 0 Å². The Morgan fingerprint density at radius 2 is 1.85 bits per heavy atom. The van der Waals surface area contributed by atoms with Crippen molar-refractivity contribution in [1.82, 2.24) is 10.2 Å². The molecule has 2 amide bonds. The lowest BCUT2D eigenvalue weighted by molar-refractivity contribution is -0.140. The van der Waals surface area contributed by atoms with Crippen LogP contribution in [0.3, 0.4) is 0 Å². The second kappa shape index (κ2) is 13.1. The van der Waals surface area contributed by atoms with Crippen molar-refractivity contribution in [2.75, 3.05) is 23.7 Å². The van der Waals surface area contributed by atoms with E-state index in [2.05, 4.69) is 21.2 Å². The van der Waals surface area contributed by atoms with E-state index in [0.29, 0.717) is 17.3 Å². The van der Waals surface area contributed by atoms with E-state index in [9.17, 15) is 18.0 Å². The van der Waals surface area contributed by atoms with Crippen molar-refractivity contribution in [3.63, 3.8) is 0 Å². The van der Waals surface area contributed by atoms with Gasteiger partial charge in [0, 0.05) is 35.6 Å². The first-order valence-electron chi connectivity index (χ1n) is 11.1. The number of benzene rings is 2. The SMILES string of the molecule is CCCNC(=O)C(C)N(Cc1cccc(Br)c1)C(=O)CCCN(c1cccc(Cl)c1)S(C)(=O)=O. The minimum absolute atomic E-state index is 0.0893. The van der Waals surface area contributed by atoms with Crippen LogP contribution in [0, 0.1) is 0 Å². The molecule has 0 saturated carbocycles. The number of halogens is 2. The molecule has 0 fully saturated rings. The summed E-state index contributed by atoms with van der Waals surface area (Å²) in [6.07, 6.45) is 2.29. The molecule has 1 N–H and O–H groups in total. The zero-order valence-electron chi connectivity index (χ0n) is 19.6. The maximum Gasteiger partial charge on any atom is 0.242 e. The van der Waals surface area contributed by atoms with Crippen molar-refractivity contribution in [3.05, 3.63) is 63.6 Å². The molecule has 0 heterocycles. The van der Waals surface area contributed by atoms with Crippen LogP contribution in [0.2, 0.25) is 5.02 Å². The molecule has 2 rings (SSSR count). The van der Waals surface area contributed by atoms with Crippen LogP contribution in [0.4, 0.5) is 5.69 Å². The van der Waals surface area contributed by atoms with Gasteiger partial charge >= 0.3 is 0 Å². The Labute approximate surface area is 215 Å². The Kier molecular flexibility index (Phi) is 10.9. The summed E-state index contributed by atoms with van der Waals surface area (Å²) in [5.74, 6) is -0.444. The van der Waals surface area contributed by atoms with Gasteiger partial charge in [0.25, 0.3) is 0 Å². The average molecular weight is 573 g/mol. The fourth-order valence-corrected chi connectivity index (χ4v) is 5.03.